The number of hydrogen-bond acceptors (Lipinski definition) is 4. The first-order valence-electron chi connectivity index (χ1n) is 8.46. The van der Waals surface area contributed by atoms with E-state index in [2.05, 4.69) is 10.1 Å². The van der Waals surface area contributed by atoms with Crippen molar-refractivity contribution in [2.75, 3.05) is 6.26 Å². The number of rotatable bonds is 3. The van der Waals surface area contributed by atoms with Crippen molar-refractivity contribution in [1.82, 2.24) is 14.6 Å². The summed E-state index contributed by atoms with van der Waals surface area (Å²) in [5.74, 6) is 0. The number of benzene rings is 2. The van der Waals surface area contributed by atoms with Crippen molar-refractivity contribution in [3.05, 3.63) is 72.4 Å². The number of fused-ring (bicyclic) bond motifs is 1. The van der Waals surface area contributed by atoms with Gasteiger partial charge in [-0.25, -0.2) is 17.9 Å². The minimum Gasteiger partial charge on any atom is -0.235 e. The molecule has 0 aliphatic rings. The van der Waals surface area contributed by atoms with E-state index in [4.69, 9.17) is 0 Å². The number of nitrogens with zero attached hydrogens (tertiary/aromatic N) is 3. The lowest BCUT2D eigenvalue weighted by Crippen LogP contribution is -2.05. The molecule has 0 saturated heterocycles. The van der Waals surface area contributed by atoms with Crippen LogP contribution in [0.2, 0.25) is 0 Å². The lowest BCUT2D eigenvalue weighted by atomic mass is 10.1. The lowest BCUT2D eigenvalue weighted by Gasteiger charge is -2.09. The fourth-order valence-corrected chi connectivity index (χ4v) is 3.58. The number of alkyl halides is 3. The number of aromatic nitrogens is 3. The van der Waals surface area contributed by atoms with Gasteiger partial charge in [-0.2, -0.15) is 18.3 Å². The van der Waals surface area contributed by atoms with Gasteiger partial charge in [0.05, 0.1) is 28.0 Å². The zero-order valence-corrected chi connectivity index (χ0v) is 15.9. The van der Waals surface area contributed by atoms with E-state index in [1.54, 1.807) is 30.3 Å². The van der Waals surface area contributed by atoms with Gasteiger partial charge < -0.3 is 0 Å². The van der Waals surface area contributed by atoms with Gasteiger partial charge in [-0.05, 0) is 36.4 Å². The Morgan fingerprint density at radius 2 is 1.66 bits per heavy atom. The van der Waals surface area contributed by atoms with Crippen molar-refractivity contribution in [3.63, 3.8) is 0 Å². The largest absolute Gasteiger partial charge is 0.416 e. The van der Waals surface area contributed by atoms with Gasteiger partial charge in [0.25, 0.3) is 0 Å². The van der Waals surface area contributed by atoms with Crippen molar-refractivity contribution in [2.24, 2.45) is 0 Å². The quantitative estimate of drug-likeness (QED) is 0.493. The maximum absolute atomic E-state index is 13.0. The first-order chi connectivity index (χ1) is 13.6. The molecule has 0 fully saturated rings. The molecule has 0 unspecified atom stereocenters. The van der Waals surface area contributed by atoms with Crippen molar-refractivity contribution < 1.29 is 21.6 Å². The van der Waals surface area contributed by atoms with Crippen LogP contribution >= 0.6 is 0 Å². The van der Waals surface area contributed by atoms with Crippen LogP contribution in [0.5, 0.6) is 0 Å². The highest BCUT2D eigenvalue weighted by molar-refractivity contribution is 7.90. The summed E-state index contributed by atoms with van der Waals surface area (Å²) < 4.78 is 63.8. The van der Waals surface area contributed by atoms with Gasteiger partial charge in [-0.15, -0.1) is 0 Å². The lowest BCUT2D eigenvalue weighted by molar-refractivity contribution is -0.137. The predicted molar refractivity (Wildman–Crippen MR) is 102 cm³/mol. The summed E-state index contributed by atoms with van der Waals surface area (Å²) in [5.41, 5.74) is 1.68. The van der Waals surface area contributed by atoms with Crippen molar-refractivity contribution in [1.29, 1.82) is 0 Å². The minimum atomic E-state index is -4.45. The monoisotopic (exact) mass is 417 g/mol. The van der Waals surface area contributed by atoms with Crippen LogP contribution in [0.25, 0.3) is 28.2 Å². The van der Waals surface area contributed by atoms with Gasteiger partial charge >= 0.3 is 6.18 Å². The molecule has 4 rings (SSSR count). The third kappa shape index (κ3) is 3.73. The molecule has 0 amide bonds. The molecule has 9 heteroatoms. The van der Waals surface area contributed by atoms with Crippen molar-refractivity contribution in [3.8, 4) is 22.5 Å². The topological polar surface area (TPSA) is 64.3 Å². The highest BCUT2D eigenvalue weighted by Crippen LogP contribution is 2.32. The number of sulfone groups is 1. The molecule has 5 nitrogen and oxygen atoms in total. The molecule has 0 bridgehead atoms. The van der Waals surface area contributed by atoms with E-state index in [9.17, 15) is 21.6 Å². The molecule has 0 atom stereocenters. The van der Waals surface area contributed by atoms with E-state index in [1.165, 1.54) is 28.9 Å². The molecule has 2 aromatic heterocycles. The molecule has 0 N–H and O–H groups in total. The molecular formula is C20H14F3N3O2S. The Hall–Kier alpha value is -3.20. The van der Waals surface area contributed by atoms with Crippen LogP contribution in [0.4, 0.5) is 13.2 Å². The van der Waals surface area contributed by atoms with E-state index >= 15 is 0 Å². The van der Waals surface area contributed by atoms with Crippen LogP contribution in [0.3, 0.4) is 0 Å². The molecule has 2 heterocycles. The molecule has 148 valence electrons. The van der Waals surface area contributed by atoms with Gasteiger partial charge in [0, 0.05) is 17.4 Å². The van der Waals surface area contributed by atoms with Crippen molar-refractivity contribution >= 4 is 15.5 Å². The molecule has 0 aliphatic heterocycles. The third-order valence-corrected chi connectivity index (χ3v) is 5.55. The summed E-state index contributed by atoms with van der Waals surface area (Å²) >= 11 is 0. The highest BCUT2D eigenvalue weighted by atomic mass is 32.2. The van der Waals surface area contributed by atoms with Crippen LogP contribution in [-0.2, 0) is 16.0 Å². The van der Waals surface area contributed by atoms with Gasteiger partial charge in [0.2, 0.25) is 0 Å². The van der Waals surface area contributed by atoms with E-state index < -0.39 is 21.6 Å². The van der Waals surface area contributed by atoms with E-state index in [0.29, 0.717) is 28.2 Å². The predicted octanol–water partition coefficient (Wildman–Crippen LogP) is 4.49. The second kappa shape index (κ2) is 6.70. The Kier molecular flexibility index (Phi) is 4.42. The maximum atomic E-state index is 13.0. The Morgan fingerprint density at radius 3 is 2.31 bits per heavy atom. The second-order valence-electron chi connectivity index (χ2n) is 6.51. The third-order valence-electron chi connectivity index (χ3n) is 4.43. The zero-order chi connectivity index (χ0) is 20.8. The fourth-order valence-electron chi connectivity index (χ4n) is 2.95. The average molecular weight is 417 g/mol. The number of hydrogen-bond donors (Lipinski definition) is 0. The molecule has 2 aromatic carbocycles. The maximum Gasteiger partial charge on any atom is 0.416 e. The van der Waals surface area contributed by atoms with E-state index in [0.717, 1.165) is 18.4 Å². The normalized spacial score (nSPS) is 12.4. The fraction of sp³-hybridized carbons (Fsp3) is 0.100. The molecule has 0 saturated carbocycles. The summed E-state index contributed by atoms with van der Waals surface area (Å²) in [5, 5.41) is 4.49. The zero-order valence-electron chi connectivity index (χ0n) is 15.1. The van der Waals surface area contributed by atoms with E-state index in [-0.39, 0.29) is 4.90 Å². The molecular weight excluding hydrogens is 403 g/mol. The molecule has 4 aromatic rings. The Bertz CT molecular complexity index is 1310. The number of halogens is 3. The average Bonchev–Trinajstić information content (AvgIpc) is 3.10. The summed E-state index contributed by atoms with van der Waals surface area (Å²) in [7, 11) is -3.31. The summed E-state index contributed by atoms with van der Waals surface area (Å²) in [4.78, 5) is 4.40. The van der Waals surface area contributed by atoms with E-state index in [1.807, 2.05) is 0 Å². The minimum absolute atomic E-state index is 0.189. The standard InChI is InChI=1S/C20H14F3N3O2S/c1-29(27,28)16-7-5-13(6-8-16)17-9-10-19-24-12-18(26(19)25-17)14-3-2-4-15(11-14)20(21,22)23/h2-12H,1H3. The molecule has 0 aliphatic carbocycles. The van der Waals surface area contributed by atoms with Crippen LogP contribution < -0.4 is 0 Å². The van der Waals surface area contributed by atoms with Gasteiger partial charge in [0.1, 0.15) is 0 Å². The van der Waals surface area contributed by atoms with Crippen LogP contribution in [-0.4, -0.2) is 29.3 Å². The molecule has 0 spiro atoms. The van der Waals surface area contributed by atoms with Gasteiger partial charge in [-0.3, -0.25) is 0 Å². The molecule has 29 heavy (non-hydrogen) atoms. The first-order valence-corrected chi connectivity index (χ1v) is 10.3. The smallest absolute Gasteiger partial charge is 0.235 e. The van der Waals surface area contributed by atoms with Gasteiger partial charge in [0.15, 0.2) is 15.5 Å². The van der Waals surface area contributed by atoms with Crippen LogP contribution in [0.15, 0.2) is 71.8 Å². The molecule has 0 radical (unpaired) electrons. The summed E-state index contributed by atoms with van der Waals surface area (Å²) in [6.07, 6.45) is -1.86. The SMILES string of the molecule is CS(=O)(=O)c1ccc(-c2ccc3ncc(-c4cccc(C(F)(F)F)c4)n3n2)cc1. The van der Waals surface area contributed by atoms with Gasteiger partial charge in [-0.1, -0.05) is 24.3 Å². The summed E-state index contributed by atoms with van der Waals surface area (Å²) in [6, 6.07) is 14.6. The highest BCUT2D eigenvalue weighted by Gasteiger charge is 2.30. The Morgan fingerprint density at radius 1 is 0.931 bits per heavy atom. The summed E-state index contributed by atoms with van der Waals surface area (Å²) in [6.45, 7) is 0. The van der Waals surface area contributed by atoms with Crippen molar-refractivity contribution in [2.45, 2.75) is 11.1 Å². The number of imidazole rings is 1. The van der Waals surface area contributed by atoms with Crippen LogP contribution in [0.1, 0.15) is 5.56 Å². The Labute approximate surface area is 164 Å². The second-order valence-corrected chi connectivity index (χ2v) is 8.52. The van der Waals surface area contributed by atoms with Crippen LogP contribution in [0, 0.1) is 0 Å². The first kappa shape index (κ1) is 19.1. The Balaban J connectivity index is 1.80.